The summed E-state index contributed by atoms with van der Waals surface area (Å²) in [4.78, 5) is 25.3. The predicted octanol–water partition coefficient (Wildman–Crippen LogP) is 1.84. The van der Waals surface area contributed by atoms with Crippen LogP contribution in [0.15, 0.2) is 35.1 Å². The first-order valence-corrected chi connectivity index (χ1v) is 8.69. The molecule has 2 amide bonds. The Morgan fingerprint density at radius 1 is 1.19 bits per heavy atom. The normalized spacial score (nSPS) is 15.0. The molecule has 1 fully saturated rings. The number of hydrogen-bond donors (Lipinski definition) is 2. The summed E-state index contributed by atoms with van der Waals surface area (Å²) in [5.74, 6) is -0.869. The number of halogens is 2. The van der Waals surface area contributed by atoms with Crippen LogP contribution in [0, 0.1) is 11.6 Å². The molecule has 0 atom stereocenters. The van der Waals surface area contributed by atoms with Crippen molar-refractivity contribution in [2.45, 2.75) is 25.4 Å². The number of rotatable bonds is 4. The number of amides is 2. The number of benzene rings is 1. The van der Waals surface area contributed by atoms with E-state index in [1.54, 1.807) is 4.90 Å². The SMILES string of the molecule is Cn1nc(NC(=O)N2CCC(NCc3cc(F)cc(F)c3)CC2)ccc1=O. The first-order valence-electron chi connectivity index (χ1n) is 8.69. The van der Waals surface area contributed by atoms with Crippen molar-refractivity contribution >= 4 is 11.8 Å². The van der Waals surface area contributed by atoms with Gasteiger partial charge in [0.1, 0.15) is 11.6 Å². The second-order valence-corrected chi connectivity index (χ2v) is 6.53. The molecule has 0 unspecified atom stereocenters. The van der Waals surface area contributed by atoms with Crippen LogP contribution in [0.1, 0.15) is 18.4 Å². The maximum Gasteiger partial charge on any atom is 0.323 e. The molecule has 2 heterocycles. The molecule has 1 aliphatic heterocycles. The largest absolute Gasteiger partial charge is 0.324 e. The van der Waals surface area contributed by atoms with Gasteiger partial charge in [-0.1, -0.05) is 0 Å². The van der Waals surface area contributed by atoms with E-state index in [9.17, 15) is 18.4 Å². The van der Waals surface area contributed by atoms with E-state index in [1.807, 2.05) is 0 Å². The number of aromatic nitrogens is 2. The fraction of sp³-hybridized carbons (Fsp3) is 0.389. The average molecular weight is 377 g/mol. The van der Waals surface area contributed by atoms with E-state index in [4.69, 9.17) is 0 Å². The monoisotopic (exact) mass is 377 g/mol. The molecule has 27 heavy (non-hydrogen) atoms. The van der Waals surface area contributed by atoms with Crippen LogP contribution < -0.4 is 16.2 Å². The van der Waals surface area contributed by atoms with Crippen molar-refractivity contribution in [3.8, 4) is 0 Å². The van der Waals surface area contributed by atoms with Crippen LogP contribution in [-0.2, 0) is 13.6 Å². The standard InChI is InChI=1S/C18H21F2N5O2/c1-24-17(26)3-2-16(23-24)22-18(27)25-6-4-15(5-7-25)21-11-12-8-13(19)10-14(20)9-12/h2-3,8-10,15,21H,4-7,11H2,1H3,(H,22,23,27). The molecule has 2 N–H and O–H groups in total. The van der Waals surface area contributed by atoms with Gasteiger partial charge in [0.15, 0.2) is 5.82 Å². The topological polar surface area (TPSA) is 79.3 Å². The van der Waals surface area contributed by atoms with Crippen molar-refractivity contribution < 1.29 is 13.6 Å². The molecule has 1 aliphatic rings. The minimum absolute atomic E-state index is 0.163. The molecule has 0 aliphatic carbocycles. The molecule has 0 bridgehead atoms. The molecule has 144 valence electrons. The fourth-order valence-corrected chi connectivity index (χ4v) is 3.02. The van der Waals surface area contributed by atoms with E-state index in [2.05, 4.69) is 15.7 Å². The zero-order valence-corrected chi connectivity index (χ0v) is 14.9. The number of likely N-dealkylation sites (tertiary alicyclic amines) is 1. The summed E-state index contributed by atoms with van der Waals surface area (Å²) in [6.45, 7) is 1.47. The van der Waals surface area contributed by atoms with Crippen molar-refractivity contribution in [3.63, 3.8) is 0 Å². The van der Waals surface area contributed by atoms with E-state index in [1.165, 1.54) is 31.3 Å². The van der Waals surface area contributed by atoms with Gasteiger partial charge in [-0.15, -0.1) is 0 Å². The smallest absolute Gasteiger partial charge is 0.323 e. The lowest BCUT2D eigenvalue weighted by atomic mass is 10.0. The minimum atomic E-state index is -0.592. The van der Waals surface area contributed by atoms with E-state index < -0.39 is 11.6 Å². The van der Waals surface area contributed by atoms with Crippen LogP contribution in [-0.4, -0.2) is 39.8 Å². The lowest BCUT2D eigenvalue weighted by molar-refractivity contribution is 0.188. The lowest BCUT2D eigenvalue weighted by Crippen LogP contribution is -2.46. The maximum atomic E-state index is 13.2. The highest BCUT2D eigenvalue weighted by atomic mass is 19.1. The van der Waals surface area contributed by atoms with Crippen molar-refractivity contribution in [2.24, 2.45) is 7.05 Å². The number of urea groups is 1. The molecular weight excluding hydrogens is 356 g/mol. The van der Waals surface area contributed by atoms with E-state index in [-0.39, 0.29) is 17.6 Å². The number of nitrogens with zero attached hydrogens (tertiary/aromatic N) is 3. The fourth-order valence-electron chi connectivity index (χ4n) is 3.02. The molecule has 0 spiro atoms. The molecule has 9 heteroatoms. The Kier molecular flexibility index (Phi) is 5.80. The van der Waals surface area contributed by atoms with Crippen LogP contribution >= 0.6 is 0 Å². The molecule has 2 aromatic rings. The summed E-state index contributed by atoms with van der Waals surface area (Å²) in [5.41, 5.74) is 0.298. The second-order valence-electron chi connectivity index (χ2n) is 6.53. The summed E-state index contributed by atoms with van der Waals surface area (Å²) in [6.07, 6.45) is 1.46. The summed E-state index contributed by atoms with van der Waals surface area (Å²) in [5, 5.41) is 9.92. The first kappa shape index (κ1) is 19.0. The number of carbonyl (C=O) groups is 1. The third-order valence-corrected chi connectivity index (χ3v) is 4.49. The molecular formula is C18H21F2N5O2. The second kappa shape index (κ2) is 8.26. The number of piperidine rings is 1. The Morgan fingerprint density at radius 3 is 2.48 bits per heavy atom. The van der Waals surface area contributed by atoms with E-state index in [0.29, 0.717) is 31.0 Å². The van der Waals surface area contributed by atoms with Gasteiger partial charge in [0, 0.05) is 44.9 Å². The molecule has 3 rings (SSSR count). The summed E-state index contributed by atoms with van der Waals surface area (Å²) >= 11 is 0. The number of hydrogen-bond acceptors (Lipinski definition) is 4. The maximum absolute atomic E-state index is 13.2. The van der Waals surface area contributed by atoms with Gasteiger partial charge in [-0.2, -0.15) is 5.10 Å². The highest BCUT2D eigenvalue weighted by Gasteiger charge is 2.23. The molecule has 0 saturated carbocycles. The van der Waals surface area contributed by atoms with Gasteiger partial charge in [-0.3, -0.25) is 10.1 Å². The van der Waals surface area contributed by atoms with Crippen molar-refractivity contribution in [3.05, 3.63) is 57.9 Å². The lowest BCUT2D eigenvalue weighted by Gasteiger charge is -2.32. The Bertz CT molecular complexity index is 858. The highest BCUT2D eigenvalue weighted by molar-refractivity contribution is 5.88. The Balaban J connectivity index is 1.47. The zero-order valence-electron chi connectivity index (χ0n) is 14.9. The van der Waals surface area contributed by atoms with E-state index >= 15 is 0 Å². The quantitative estimate of drug-likeness (QED) is 0.852. The van der Waals surface area contributed by atoms with Crippen LogP contribution in [0.2, 0.25) is 0 Å². The van der Waals surface area contributed by atoms with Gasteiger partial charge in [0.25, 0.3) is 5.56 Å². The summed E-state index contributed by atoms with van der Waals surface area (Å²) < 4.78 is 27.6. The third-order valence-electron chi connectivity index (χ3n) is 4.49. The summed E-state index contributed by atoms with van der Waals surface area (Å²) in [7, 11) is 1.51. The zero-order chi connectivity index (χ0) is 19.4. The molecule has 0 radical (unpaired) electrons. The number of nitrogens with one attached hydrogen (secondary N) is 2. The molecule has 1 aromatic carbocycles. The van der Waals surface area contributed by atoms with Crippen molar-refractivity contribution in [1.82, 2.24) is 20.0 Å². The van der Waals surface area contributed by atoms with Gasteiger partial charge in [0.05, 0.1) is 0 Å². The predicted molar refractivity (Wildman–Crippen MR) is 96.3 cm³/mol. The van der Waals surface area contributed by atoms with Gasteiger partial charge in [-0.05, 0) is 36.6 Å². The highest BCUT2D eigenvalue weighted by Crippen LogP contribution is 2.14. The van der Waals surface area contributed by atoms with E-state index in [0.717, 1.165) is 23.6 Å². The minimum Gasteiger partial charge on any atom is -0.324 e. The average Bonchev–Trinajstić information content (AvgIpc) is 2.63. The van der Waals surface area contributed by atoms with Gasteiger partial charge >= 0.3 is 6.03 Å². The van der Waals surface area contributed by atoms with Crippen LogP contribution in [0.4, 0.5) is 19.4 Å². The molecule has 1 saturated heterocycles. The Labute approximate surface area is 155 Å². The molecule has 7 nitrogen and oxygen atoms in total. The van der Waals surface area contributed by atoms with Crippen LogP contribution in [0.25, 0.3) is 0 Å². The Morgan fingerprint density at radius 2 is 1.85 bits per heavy atom. The van der Waals surface area contributed by atoms with Gasteiger partial charge in [-0.25, -0.2) is 18.3 Å². The van der Waals surface area contributed by atoms with Gasteiger partial charge < -0.3 is 10.2 Å². The van der Waals surface area contributed by atoms with Crippen LogP contribution in [0.5, 0.6) is 0 Å². The van der Waals surface area contributed by atoms with Crippen molar-refractivity contribution in [1.29, 1.82) is 0 Å². The summed E-state index contributed by atoms with van der Waals surface area (Å²) in [6, 6.07) is 6.15. The van der Waals surface area contributed by atoms with Gasteiger partial charge in [0.2, 0.25) is 0 Å². The first-order chi connectivity index (χ1) is 12.9. The molecule has 1 aromatic heterocycles. The van der Waals surface area contributed by atoms with Crippen molar-refractivity contribution in [2.75, 3.05) is 18.4 Å². The van der Waals surface area contributed by atoms with Crippen LogP contribution in [0.3, 0.4) is 0 Å². The number of anilines is 1. The third kappa shape index (κ3) is 5.10. The number of carbonyl (C=O) groups excluding carboxylic acids is 1. The number of aryl methyl sites for hydroxylation is 1. The Hall–Kier alpha value is -2.81.